The average Bonchev–Trinajstić information content (AvgIpc) is 2.74. The van der Waals surface area contributed by atoms with Crippen LogP contribution in [0.3, 0.4) is 0 Å². The van der Waals surface area contributed by atoms with Gasteiger partial charge in [-0.25, -0.2) is 4.79 Å². The SMILES string of the molecule is CCCn1ccc(=O)n(Cc2noc(C)n2)c1=O. The van der Waals surface area contributed by atoms with Crippen LogP contribution in [-0.2, 0) is 13.1 Å². The average molecular weight is 250 g/mol. The van der Waals surface area contributed by atoms with Crippen LogP contribution in [0.5, 0.6) is 0 Å². The number of aromatic nitrogens is 4. The Morgan fingerprint density at radius 2 is 2.17 bits per heavy atom. The molecule has 0 spiro atoms. The lowest BCUT2D eigenvalue weighted by Gasteiger charge is -2.06. The topological polar surface area (TPSA) is 82.9 Å². The molecule has 0 fully saturated rings. The molecule has 0 saturated carbocycles. The Morgan fingerprint density at radius 1 is 1.39 bits per heavy atom. The van der Waals surface area contributed by atoms with Crippen molar-refractivity contribution < 1.29 is 4.52 Å². The van der Waals surface area contributed by atoms with Gasteiger partial charge < -0.3 is 9.09 Å². The van der Waals surface area contributed by atoms with E-state index in [1.165, 1.54) is 16.8 Å². The molecule has 0 bridgehead atoms. The van der Waals surface area contributed by atoms with Gasteiger partial charge in [0.1, 0.15) is 0 Å². The summed E-state index contributed by atoms with van der Waals surface area (Å²) in [5.41, 5.74) is -0.721. The van der Waals surface area contributed by atoms with E-state index in [0.29, 0.717) is 18.3 Å². The van der Waals surface area contributed by atoms with Gasteiger partial charge in [0.25, 0.3) is 5.56 Å². The second-order valence-electron chi connectivity index (χ2n) is 3.95. The Bertz CT molecular complexity index is 653. The van der Waals surface area contributed by atoms with Crippen LogP contribution in [0.4, 0.5) is 0 Å². The highest BCUT2D eigenvalue weighted by Gasteiger charge is 2.09. The molecule has 2 heterocycles. The van der Waals surface area contributed by atoms with E-state index in [2.05, 4.69) is 10.1 Å². The van der Waals surface area contributed by atoms with E-state index in [1.807, 2.05) is 6.92 Å². The second-order valence-corrected chi connectivity index (χ2v) is 3.95. The van der Waals surface area contributed by atoms with Crippen LogP contribution >= 0.6 is 0 Å². The normalized spacial score (nSPS) is 10.8. The van der Waals surface area contributed by atoms with E-state index in [0.717, 1.165) is 11.0 Å². The van der Waals surface area contributed by atoms with Gasteiger partial charge in [0.05, 0.1) is 6.54 Å². The van der Waals surface area contributed by atoms with Crippen molar-refractivity contribution in [3.05, 3.63) is 44.8 Å². The molecular formula is C11H14N4O3. The molecule has 96 valence electrons. The zero-order valence-electron chi connectivity index (χ0n) is 10.3. The third-order valence-electron chi connectivity index (χ3n) is 2.47. The van der Waals surface area contributed by atoms with Gasteiger partial charge in [-0.15, -0.1) is 0 Å². The summed E-state index contributed by atoms with van der Waals surface area (Å²) in [4.78, 5) is 27.7. The number of rotatable bonds is 4. The van der Waals surface area contributed by atoms with Crippen LogP contribution in [0, 0.1) is 6.92 Å². The molecule has 18 heavy (non-hydrogen) atoms. The summed E-state index contributed by atoms with van der Waals surface area (Å²) in [6.45, 7) is 4.22. The largest absolute Gasteiger partial charge is 0.340 e. The molecule has 2 aromatic heterocycles. The summed E-state index contributed by atoms with van der Waals surface area (Å²) >= 11 is 0. The monoisotopic (exact) mass is 250 g/mol. The molecule has 0 N–H and O–H groups in total. The molecule has 0 aliphatic heterocycles. The summed E-state index contributed by atoms with van der Waals surface area (Å²) in [6, 6.07) is 1.37. The van der Waals surface area contributed by atoms with Gasteiger partial charge in [0, 0.05) is 25.7 Å². The first-order chi connectivity index (χ1) is 8.61. The van der Waals surface area contributed by atoms with Gasteiger partial charge in [0.2, 0.25) is 5.89 Å². The Kier molecular flexibility index (Phi) is 3.40. The molecule has 7 heteroatoms. The second kappa shape index (κ2) is 4.99. The van der Waals surface area contributed by atoms with E-state index in [-0.39, 0.29) is 17.8 Å². The first-order valence-electron chi connectivity index (χ1n) is 5.71. The molecule has 0 unspecified atom stereocenters. The minimum atomic E-state index is -0.366. The fourth-order valence-electron chi connectivity index (χ4n) is 1.66. The van der Waals surface area contributed by atoms with Crippen molar-refractivity contribution in [3.63, 3.8) is 0 Å². The molecule has 0 saturated heterocycles. The van der Waals surface area contributed by atoms with Gasteiger partial charge in [-0.1, -0.05) is 12.1 Å². The van der Waals surface area contributed by atoms with Gasteiger partial charge in [0.15, 0.2) is 5.82 Å². The molecule has 0 aliphatic carbocycles. The molecular weight excluding hydrogens is 236 g/mol. The minimum Gasteiger partial charge on any atom is -0.340 e. The van der Waals surface area contributed by atoms with E-state index in [1.54, 1.807) is 6.92 Å². The Hall–Kier alpha value is -2.18. The summed E-state index contributed by atoms with van der Waals surface area (Å²) in [6.07, 6.45) is 2.32. The standard InChI is InChI=1S/C11H14N4O3/c1-3-5-14-6-4-10(16)15(11(14)17)7-9-12-8(2)18-13-9/h4,6H,3,5,7H2,1-2H3. The number of hydrogen-bond donors (Lipinski definition) is 0. The molecule has 2 aromatic rings. The van der Waals surface area contributed by atoms with Crippen molar-refractivity contribution >= 4 is 0 Å². The van der Waals surface area contributed by atoms with Gasteiger partial charge in [-0.3, -0.25) is 9.36 Å². The van der Waals surface area contributed by atoms with Crippen LogP contribution in [0.15, 0.2) is 26.4 Å². The summed E-state index contributed by atoms with van der Waals surface area (Å²) < 4.78 is 7.40. The number of hydrogen-bond acceptors (Lipinski definition) is 5. The molecule has 0 amide bonds. The highest BCUT2D eigenvalue weighted by Crippen LogP contribution is 1.95. The zero-order valence-corrected chi connectivity index (χ0v) is 10.3. The lowest BCUT2D eigenvalue weighted by Crippen LogP contribution is -2.39. The third kappa shape index (κ3) is 2.39. The molecule has 0 aromatic carbocycles. The van der Waals surface area contributed by atoms with Crippen LogP contribution in [-0.4, -0.2) is 19.3 Å². The first kappa shape index (κ1) is 12.3. The number of nitrogens with zero attached hydrogens (tertiary/aromatic N) is 4. The molecule has 0 aliphatic rings. The van der Waals surface area contributed by atoms with Crippen LogP contribution in [0.2, 0.25) is 0 Å². The zero-order chi connectivity index (χ0) is 13.1. The lowest BCUT2D eigenvalue weighted by molar-refractivity contribution is 0.385. The molecule has 0 radical (unpaired) electrons. The summed E-state index contributed by atoms with van der Waals surface area (Å²) in [5, 5.41) is 3.67. The quantitative estimate of drug-likeness (QED) is 0.771. The fourth-order valence-corrected chi connectivity index (χ4v) is 1.66. The lowest BCUT2D eigenvalue weighted by atomic mass is 10.4. The maximum absolute atomic E-state index is 12.0. The molecule has 7 nitrogen and oxygen atoms in total. The van der Waals surface area contributed by atoms with Gasteiger partial charge >= 0.3 is 5.69 Å². The third-order valence-corrected chi connectivity index (χ3v) is 2.47. The Labute approximate surface area is 103 Å². The van der Waals surface area contributed by atoms with Crippen molar-refractivity contribution in [2.24, 2.45) is 0 Å². The van der Waals surface area contributed by atoms with Crippen LogP contribution < -0.4 is 11.2 Å². The van der Waals surface area contributed by atoms with Crippen molar-refractivity contribution in [3.8, 4) is 0 Å². The maximum Gasteiger partial charge on any atom is 0.331 e. The maximum atomic E-state index is 12.0. The van der Waals surface area contributed by atoms with Crippen molar-refractivity contribution in [1.29, 1.82) is 0 Å². The highest BCUT2D eigenvalue weighted by molar-refractivity contribution is 4.91. The van der Waals surface area contributed by atoms with E-state index in [4.69, 9.17) is 4.52 Å². The highest BCUT2D eigenvalue weighted by atomic mass is 16.5. The van der Waals surface area contributed by atoms with E-state index < -0.39 is 0 Å². The number of aryl methyl sites for hydroxylation is 2. The van der Waals surface area contributed by atoms with E-state index in [9.17, 15) is 9.59 Å². The first-order valence-corrected chi connectivity index (χ1v) is 5.71. The van der Waals surface area contributed by atoms with Crippen molar-refractivity contribution in [2.75, 3.05) is 0 Å². The van der Waals surface area contributed by atoms with Crippen molar-refractivity contribution in [2.45, 2.75) is 33.4 Å². The summed E-state index contributed by atoms with van der Waals surface area (Å²) in [7, 11) is 0. The Morgan fingerprint density at radius 3 is 2.78 bits per heavy atom. The minimum absolute atomic E-state index is 0.0273. The Balaban J connectivity index is 2.40. The smallest absolute Gasteiger partial charge is 0.331 e. The fraction of sp³-hybridized carbons (Fsp3) is 0.455. The molecule has 2 rings (SSSR count). The predicted octanol–water partition coefficient (Wildman–Crippen LogP) is 0.160. The van der Waals surface area contributed by atoms with Gasteiger partial charge in [-0.05, 0) is 6.42 Å². The predicted molar refractivity (Wildman–Crippen MR) is 63.4 cm³/mol. The van der Waals surface area contributed by atoms with Gasteiger partial charge in [-0.2, -0.15) is 4.98 Å². The summed E-state index contributed by atoms with van der Waals surface area (Å²) in [5.74, 6) is 0.726. The molecule has 0 atom stereocenters. The van der Waals surface area contributed by atoms with Crippen LogP contribution in [0.25, 0.3) is 0 Å². The van der Waals surface area contributed by atoms with Crippen molar-refractivity contribution in [1.82, 2.24) is 19.3 Å². The van der Waals surface area contributed by atoms with Crippen LogP contribution in [0.1, 0.15) is 25.1 Å². The van der Waals surface area contributed by atoms with E-state index >= 15 is 0 Å².